The van der Waals surface area contributed by atoms with Crippen LogP contribution < -0.4 is 10.7 Å². The number of carbonyl (C=O) groups excluding carboxylic acids is 2. The van der Waals surface area contributed by atoms with Crippen LogP contribution in [0.4, 0.5) is 0 Å². The SMILES string of the molecule is C/C(CCc1ccccc1)=N/NC(=O)C(=O)NCc1ccco1. The van der Waals surface area contributed by atoms with E-state index < -0.39 is 11.8 Å². The first-order chi connectivity index (χ1) is 11.1. The number of hydrazone groups is 1. The molecule has 2 N–H and O–H groups in total. The number of aryl methyl sites for hydroxylation is 1. The third kappa shape index (κ3) is 5.78. The van der Waals surface area contributed by atoms with Crippen LogP contribution in [0.1, 0.15) is 24.7 Å². The number of hydrogen-bond acceptors (Lipinski definition) is 4. The van der Waals surface area contributed by atoms with Crippen molar-refractivity contribution in [3.63, 3.8) is 0 Å². The van der Waals surface area contributed by atoms with Gasteiger partial charge in [0.05, 0.1) is 12.8 Å². The minimum atomic E-state index is -0.796. The predicted octanol–water partition coefficient (Wildman–Crippen LogP) is 2.02. The zero-order valence-corrected chi connectivity index (χ0v) is 12.9. The molecule has 0 aliphatic rings. The van der Waals surface area contributed by atoms with Crippen molar-refractivity contribution < 1.29 is 14.0 Å². The Morgan fingerprint density at radius 2 is 1.87 bits per heavy atom. The van der Waals surface area contributed by atoms with Crippen LogP contribution in [-0.2, 0) is 22.6 Å². The number of carbonyl (C=O) groups is 2. The fraction of sp³-hybridized carbons (Fsp3) is 0.235. The average Bonchev–Trinajstić information content (AvgIpc) is 3.10. The molecule has 0 bridgehead atoms. The zero-order valence-electron chi connectivity index (χ0n) is 12.9. The molecular weight excluding hydrogens is 294 g/mol. The molecule has 2 aromatic rings. The number of amides is 2. The Kier molecular flexibility index (Phi) is 6.11. The highest BCUT2D eigenvalue weighted by atomic mass is 16.3. The third-order valence-electron chi connectivity index (χ3n) is 3.18. The molecule has 0 unspecified atom stereocenters. The summed E-state index contributed by atoms with van der Waals surface area (Å²) in [6, 6.07) is 13.4. The van der Waals surface area contributed by atoms with Gasteiger partial charge in [0.1, 0.15) is 5.76 Å². The molecule has 0 saturated heterocycles. The maximum Gasteiger partial charge on any atom is 0.329 e. The molecule has 0 atom stereocenters. The normalized spacial score (nSPS) is 11.1. The van der Waals surface area contributed by atoms with Crippen molar-refractivity contribution in [1.82, 2.24) is 10.7 Å². The van der Waals surface area contributed by atoms with Crippen molar-refractivity contribution in [3.8, 4) is 0 Å². The van der Waals surface area contributed by atoms with Gasteiger partial charge in [-0.2, -0.15) is 5.10 Å². The minimum Gasteiger partial charge on any atom is -0.467 e. The molecule has 0 radical (unpaired) electrons. The molecule has 0 aliphatic heterocycles. The van der Waals surface area contributed by atoms with Crippen LogP contribution in [0.5, 0.6) is 0 Å². The molecule has 0 fully saturated rings. The lowest BCUT2D eigenvalue weighted by Gasteiger charge is -2.04. The Balaban J connectivity index is 1.72. The highest BCUT2D eigenvalue weighted by Gasteiger charge is 2.12. The second-order valence-corrected chi connectivity index (χ2v) is 5.04. The average molecular weight is 313 g/mol. The standard InChI is InChI=1S/C17H19N3O3/c1-13(9-10-14-6-3-2-4-7-14)19-20-17(22)16(21)18-12-15-8-5-11-23-15/h2-8,11H,9-10,12H2,1H3,(H,18,21)(H,20,22)/b19-13-. The van der Waals surface area contributed by atoms with E-state index in [1.165, 1.54) is 11.8 Å². The molecule has 6 heteroatoms. The molecule has 6 nitrogen and oxygen atoms in total. The third-order valence-corrected chi connectivity index (χ3v) is 3.18. The van der Waals surface area contributed by atoms with E-state index in [-0.39, 0.29) is 6.54 Å². The first-order valence-electron chi connectivity index (χ1n) is 7.33. The van der Waals surface area contributed by atoms with Crippen molar-refractivity contribution in [2.45, 2.75) is 26.3 Å². The molecule has 0 saturated carbocycles. The van der Waals surface area contributed by atoms with E-state index in [0.717, 1.165) is 12.1 Å². The van der Waals surface area contributed by atoms with Gasteiger partial charge in [-0.3, -0.25) is 9.59 Å². The molecule has 1 aromatic heterocycles. The van der Waals surface area contributed by atoms with Gasteiger partial charge >= 0.3 is 11.8 Å². The molecule has 1 heterocycles. The summed E-state index contributed by atoms with van der Waals surface area (Å²) in [6.07, 6.45) is 3.04. The lowest BCUT2D eigenvalue weighted by molar-refractivity contribution is -0.139. The van der Waals surface area contributed by atoms with Crippen LogP contribution >= 0.6 is 0 Å². The van der Waals surface area contributed by atoms with E-state index in [1.807, 2.05) is 37.3 Å². The summed E-state index contributed by atoms with van der Waals surface area (Å²) in [7, 11) is 0. The van der Waals surface area contributed by atoms with E-state index in [0.29, 0.717) is 12.2 Å². The van der Waals surface area contributed by atoms with E-state index in [2.05, 4.69) is 15.8 Å². The van der Waals surface area contributed by atoms with Gasteiger partial charge in [0.25, 0.3) is 0 Å². The highest BCUT2D eigenvalue weighted by molar-refractivity contribution is 6.35. The maximum atomic E-state index is 11.6. The molecule has 0 aliphatic carbocycles. The Morgan fingerprint density at radius 3 is 2.57 bits per heavy atom. The topological polar surface area (TPSA) is 83.7 Å². The lowest BCUT2D eigenvalue weighted by Crippen LogP contribution is -2.37. The maximum absolute atomic E-state index is 11.6. The van der Waals surface area contributed by atoms with Crippen molar-refractivity contribution in [2.75, 3.05) is 0 Å². The molecule has 2 amide bonds. The second kappa shape index (κ2) is 8.53. The molecule has 120 valence electrons. The quantitative estimate of drug-likeness (QED) is 0.486. The summed E-state index contributed by atoms with van der Waals surface area (Å²) < 4.78 is 5.06. The van der Waals surface area contributed by atoms with Crippen LogP contribution in [0.15, 0.2) is 58.2 Å². The van der Waals surface area contributed by atoms with Crippen LogP contribution in [0.3, 0.4) is 0 Å². The summed E-state index contributed by atoms with van der Waals surface area (Å²) in [5.74, 6) is -0.967. The van der Waals surface area contributed by atoms with Crippen LogP contribution in [0.2, 0.25) is 0 Å². The molecule has 1 aromatic carbocycles. The Labute approximate surface area is 134 Å². The van der Waals surface area contributed by atoms with Crippen LogP contribution in [0, 0.1) is 0 Å². The van der Waals surface area contributed by atoms with Crippen molar-refractivity contribution >= 4 is 17.5 Å². The van der Waals surface area contributed by atoms with E-state index >= 15 is 0 Å². The molecular formula is C17H19N3O3. The summed E-state index contributed by atoms with van der Waals surface area (Å²) in [5, 5.41) is 6.39. The number of benzene rings is 1. The minimum absolute atomic E-state index is 0.163. The molecule has 23 heavy (non-hydrogen) atoms. The predicted molar refractivity (Wildman–Crippen MR) is 86.6 cm³/mol. The second-order valence-electron chi connectivity index (χ2n) is 5.04. The highest BCUT2D eigenvalue weighted by Crippen LogP contribution is 2.03. The van der Waals surface area contributed by atoms with Gasteiger partial charge in [0.15, 0.2) is 0 Å². The lowest BCUT2D eigenvalue weighted by atomic mass is 10.1. The van der Waals surface area contributed by atoms with Gasteiger partial charge in [-0.1, -0.05) is 30.3 Å². The first-order valence-corrected chi connectivity index (χ1v) is 7.33. The van der Waals surface area contributed by atoms with Crippen molar-refractivity contribution in [2.24, 2.45) is 5.10 Å². The summed E-state index contributed by atoms with van der Waals surface area (Å²) in [5.41, 5.74) is 4.20. The van der Waals surface area contributed by atoms with E-state index in [1.54, 1.807) is 12.1 Å². The first kappa shape index (κ1) is 16.5. The van der Waals surface area contributed by atoms with Gasteiger partial charge < -0.3 is 9.73 Å². The molecule has 0 spiro atoms. The fourth-order valence-corrected chi connectivity index (χ4v) is 1.88. The number of nitrogens with one attached hydrogen (secondary N) is 2. The number of nitrogens with zero attached hydrogens (tertiary/aromatic N) is 1. The summed E-state index contributed by atoms with van der Waals surface area (Å²) in [6.45, 7) is 1.97. The monoisotopic (exact) mass is 313 g/mol. The van der Waals surface area contributed by atoms with E-state index in [4.69, 9.17) is 4.42 Å². The Morgan fingerprint density at radius 1 is 1.09 bits per heavy atom. The van der Waals surface area contributed by atoms with Gasteiger partial charge in [-0.05, 0) is 37.5 Å². The summed E-state index contributed by atoms with van der Waals surface area (Å²) >= 11 is 0. The van der Waals surface area contributed by atoms with Crippen LogP contribution in [0.25, 0.3) is 0 Å². The van der Waals surface area contributed by atoms with E-state index in [9.17, 15) is 9.59 Å². The number of hydrogen-bond donors (Lipinski definition) is 2. The summed E-state index contributed by atoms with van der Waals surface area (Å²) in [4.78, 5) is 23.2. The van der Waals surface area contributed by atoms with Gasteiger partial charge in [-0.25, -0.2) is 5.43 Å². The zero-order chi connectivity index (χ0) is 16.5. The largest absolute Gasteiger partial charge is 0.467 e. The Hall–Kier alpha value is -2.89. The van der Waals surface area contributed by atoms with Crippen LogP contribution in [-0.4, -0.2) is 17.5 Å². The van der Waals surface area contributed by atoms with Crippen molar-refractivity contribution in [1.29, 1.82) is 0 Å². The number of furan rings is 1. The molecule has 2 rings (SSSR count). The van der Waals surface area contributed by atoms with Gasteiger partial charge in [0, 0.05) is 5.71 Å². The number of rotatable bonds is 6. The van der Waals surface area contributed by atoms with Gasteiger partial charge in [0.2, 0.25) is 0 Å². The van der Waals surface area contributed by atoms with Gasteiger partial charge in [-0.15, -0.1) is 0 Å². The fourth-order valence-electron chi connectivity index (χ4n) is 1.88. The van der Waals surface area contributed by atoms with Crippen molar-refractivity contribution in [3.05, 3.63) is 60.1 Å². The smallest absolute Gasteiger partial charge is 0.329 e. The Bertz CT molecular complexity index is 664.